The van der Waals surface area contributed by atoms with Crippen LogP contribution in [0, 0.1) is 13.8 Å². The third kappa shape index (κ3) is 3.61. The molecular weight excluding hydrogens is 390 g/mol. The molecule has 1 aliphatic rings. The highest BCUT2D eigenvalue weighted by atomic mass is 32.2. The minimum atomic E-state index is -0.292. The molecular formula is C21H23N3O2S2. The maximum atomic E-state index is 12.9. The van der Waals surface area contributed by atoms with Crippen LogP contribution in [0.25, 0.3) is 10.2 Å². The number of carbonyl (C=O) groups is 1. The van der Waals surface area contributed by atoms with Gasteiger partial charge in [-0.05, 0) is 63.3 Å². The molecule has 0 spiro atoms. The number of benzene rings is 1. The number of hydrogen-bond acceptors (Lipinski definition) is 6. The van der Waals surface area contributed by atoms with Crippen molar-refractivity contribution in [2.75, 3.05) is 12.4 Å². The predicted molar refractivity (Wildman–Crippen MR) is 116 cm³/mol. The number of fused-ring (bicyclic) bond motifs is 3. The first-order valence-corrected chi connectivity index (χ1v) is 11.1. The van der Waals surface area contributed by atoms with Gasteiger partial charge in [0, 0.05) is 10.3 Å². The second kappa shape index (κ2) is 7.72. The normalized spacial score (nSPS) is 14.1. The molecule has 0 bridgehead atoms. The molecule has 1 N–H and O–H groups in total. The van der Waals surface area contributed by atoms with Crippen molar-refractivity contribution in [2.45, 2.75) is 50.3 Å². The number of ether oxygens (including phenoxy) is 1. The van der Waals surface area contributed by atoms with Gasteiger partial charge in [0.15, 0.2) is 0 Å². The summed E-state index contributed by atoms with van der Waals surface area (Å²) in [6, 6.07) is 5.76. The number of nitrogens with zero attached hydrogens (tertiary/aromatic N) is 2. The number of nitrogens with one attached hydrogen (secondary N) is 1. The highest BCUT2D eigenvalue weighted by Crippen LogP contribution is 2.41. The lowest BCUT2D eigenvalue weighted by Crippen LogP contribution is -2.23. The van der Waals surface area contributed by atoms with Crippen LogP contribution in [0.3, 0.4) is 0 Å². The molecule has 7 heteroatoms. The lowest BCUT2D eigenvalue weighted by Gasteiger charge is -2.15. The van der Waals surface area contributed by atoms with Crippen LogP contribution in [0.4, 0.5) is 5.69 Å². The number of aryl methyl sites for hydroxylation is 4. The van der Waals surface area contributed by atoms with E-state index >= 15 is 0 Å². The minimum Gasteiger partial charge on any atom is -0.495 e. The summed E-state index contributed by atoms with van der Waals surface area (Å²) >= 11 is 3.28. The number of methoxy groups -OCH3 is 1. The van der Waals surface area contributed by atoms with Crippen LogP contribution in [0.5, 0.6) is 5.75 Å². The van der Waals surface area contributed by atoms with Gasteiger partial charge < -0.3 is 10.1 Å². The van der Waals surface area contributed by atoms with Crippen LogP contribution in [0.1, 0.15) is 35.2 Å². The van der Waals surface area contributed by atoms with Gasteiger partial charge in [0.25, 0.3) is 0 Å². The fourth-order valence-corrected chi connectivity index (χ4v) is 5.92. The molecule has 0 saturated carbocycles. The summed E-state index contributed by atoms with van der Waals surface area (Å²) in [5, 5.41) is 4.78. The zero-order valence-corrected chi connectivity index (χ0v) is 18.1. The van der Waals surface area contributed by atoms with Gasteiger partial charge >= 0.3 is 0 Å². The van der Waals surface area contributed by atoms with Gasteiger partial charge in [0.1, 0.15) is 21.4 Å². The maximum Gasteiger partial charge on any atom is 0.237 e. The maximum absolute atomic E-state index is 12.9. The van der Waals surface area contributed by atoms with Gasteiger partial charge in [-0.2, -0.15) is 0 Å². The summed E-state index contributed by atoms with van der Waals surface area (Å²) in [5.41, 5.74) is 3.15. The molecule has 146 valence electrons. The number of carbonyl (C=O) groups excluding carboxylic acids is 1. The van der Waals surface area contributed by atoms with E-state index in [-0.39, 0.29) is 11.2 Å². The van der Waals surface area contributed by atoms with E-state index in [2.05, 4.69) is 15.3 Å². The Balaban J connectivity index is 1.59. The quantitative estimate of drug-likeness (QED) is 0.475. The lowest BCUT2D eigenvalue weighted by molar-refractivity contribution is -0.115. The third-order valence-electron chi connectivity index (χ3n) is 4.91. The minimum absolute atomic E-state index is 0.0646. The molecule has 0 unspecified atom stereocenters. The molecule has 0 saturated heterocycles. The van der Waals surface area contributed by atoms with E-state index in [0.717, 1.165) is 39.5 Å². The summed E-state index contributed by atoms with van der Waals surface area (Å²) in [6.45, 7) is 5.82. The Morgan fingerprint density at radius 2 is 2.11 bits per heavy atom. The number of amides is 1. The zero-order chi connectivity index (χ0) is 19.8. The molecule has 2 heterocycles. The van der Waals surface area contributed by atoms with Crippen molar-refractivity contribution < 1.29 is 9.53 Å². The number of aromatic nitrogens is 2. The van der Waals surface area contributed by atoms with Crippen LogP contribution < -0.4 is 10.1 Å². The second-order valence-corrected chi connectivity index (χ2v) is 9.48. The van der Waals surface area contributed by atoms with Crippen molar-refractivity contribution in [2.24, 2.45) is 0 Å². The molecule has 2 aromatic heterocycles. The topological polar surface area (TPSA) is 64.1 Å². The van der Waals surface area contributed by atoms with E-state index in [0.29, 0.717) is 11.4 Å². The second-order valence-electron chi connectivity index (χ2n) is 7.07. The van der Waals surface area contributed by atoms with E-state index in [1.54, 1.807) is 18.4 Å². The third-order valence-corrected chi connectivity index (χ3v) is 7.19. The van der Waals surface area contributed by atoms with Gasteiger partial charge in [-0.1, -0.05) is 17.8 Å². The van der Waals surface area contributed by atoms with E-state index in [1.807, 2.05) is 39.0 Å². The lowest BCUT2D eigenvalue weighted by atomic mass is 10.2. The Hall–Kier alpha value is -2.12. The van der Waals surface area contributed by atoms with Crippen LogP contribution >= 0.6 is 23.1 Å². The number of thioether (sulfide) groups is 1. The molecule has 0 aliphatic heterocycles. The standard InChI is InChI=1S/C21H23N3O2S2/c1-11-8-9-16(26-4)15(10-11)24-19(25)12(2)27-20-18-14-6-5-7-17(14)28-21(18)23-13(3)22-20/h8-10,12H,5-7H2,1-4H3,(H,24,25)/t12-/m1/s1. The van der Waals surface area contributed by atoms with E-state index in [1.165, 1.54) is 28.6 Å². The van der Waals surface area contributed by atoms with Gasteiger partial charge in [0.05, 0.1) is 18.0 Å². The van der Waals surface area contributed by atoms with E-state index < -0.39 is 0 Å². The Morgan fingerprint density at radius 3 is 2.89 bits per heavy atom. The van der Waals surface area contributed by atoms with Crippen LogP contribution in [-0.2, 0) is 17.6 Å². The molecule has 28 heavy (non-hydrogen) atoms. The summed E-state index contributed by atoms with van der Waals surface area (Å²) in [4.78, 5) is 24.6. The van der Waals surface area contributed by atoms with Crippen molar-refractivity contribution in [1.29, 1.82) is 0 Å². The first-order chi connectivity index (χ1) is 13.5. The Bertz CT molecular complexity index is 1060. The fourth-order valence-electron chi connectivity index (χ4n) is 3.52. The van der Waals surface area contributed by atoms with Crippen LogP contribution in [0.2, 0.25) is 0 Å². The van der Waals surface area contributed by atoms with Crippen molar-refractivity contribution in [3.63, 3.8) is 0 Å². The van der Waals surface area contributed by atoms with Gasteiger partial charge in [-0.25, -0.2) is 9.97 Å². The SMILES string of the molecule is COc1ccc(C)cc1NC(=O)[C@@H](C)Sc1nc(C)nc2sc3c(c12)CCC3. The predicted octanol–water partition coefficient (Wildman–Crippen LogP) is 4.92. The first-order valence-electron chi connectivity index (χ1n) is 9.37. The first kappa shape index (κ1) is 19.2. The number of anilines is 1. The van der Waals surface area contributed by atoms with Crippen LogP contribution in [-0.4, -0.2) is 28.2 Å². The van der Waals surface area contributed by atoms with E-state index in [9.17, 15) is 4.79 Å². The molecule has 4 rings (SSSR count). The zero-order valence-electron chi connectivity index (χ0n) is 16.5. The van der Waals surface area contributed by atoms with Gasteiger partial charge in [0.2, 0.25) is 5.91 Å². The Kier molecular flexibility index (Phi) is 5.29. The summed E-state index contributed by atoms with van der Waals surface area (Å²) < 4.78 is 5.37. The Labute approximate surface area is 172 Å². The highest BCUT2D eigenvalue weighted by Gasteiger charge is 2.25. The molecule has 1 amide bonds. The molecule has 1 atom stereocenters. The monoisotopic (exact) mass is 413 g/mol. The molecule has 5 nitrogen and oxygen atoms in total. The van der Waals surface area contributed by atoms with Crippen molar-refractivity contribution in [1.82, 2.24) is 9.97 Å². The average molecular weight is 414 g/mol. The molecule has 1 aromatic carbocycles. The molecule has 0 fully saturated rings. The van der Waals surface area contributed by atoms with Crippen LogP contribution in [0.15, 0.2) is 23.2 Å². The van der Waals surface area contributed by atoms with Gasteiger partial charge in [-0.15, -0.1) is 11.3 Å². The number of hydrogen-bond donors (Lipinski definition) is 1. The number of rotatable bonds is 5. The Morgan fingerprint density at radius 1 is 1.29 bits per heavy atom. The number of thiophene rings is 1. The summed E-state index contributed by atoms with van der Waals surface area (Å²) in [7, 11) is 1.61. The molecule has 3 aromatic rings. The summed E-state index contributed by atoms with van der Waals surface area (Å²) in [5.74, 6) is 1.35. The van der Waals surface area contributed by atoms with Gasteiger partial charge in [-0.3, -0.25) is 4.79 Å². The molecule has 0 radical (unpaired) electrons. The largest absolute Gasteiger partial charge is 0.495 e. The molecule has 1 aliphatic carbocycles. The smallest absolute Gasteiger partial charge is 0.237 e. The van der Waals surface area contributed by atoms with E-state index in [4.69, 9.17) is 4.74 Å². The fraction of sp³-hybridized carbons (Fsp3) is 0.381. The van der Waals surface area contributed by atoms with Crippen molar-refractivity contribution in [3.8, 4) is 5.75 Å². The van der Waals surface area contributed by atoms with Crippen molar-refractivity contribution in [3.05, 3.63) is 40.0 Å². The average Bonchev–Trinajstić information content (AvgIpc) is 3.22. The summed E-state index contributed by atoms with van der Waals surface area (Å²) in [6.07, 6.45) is 3.40. The van der Waals surface area contributed by atoms with Crippen molar-refractivity contribution >= 4 is 44.9 Å². The highest BCUT2D eigenvalue weighted by molar-refractivity contribution is 8.00.